The number of pyridine rings is 1. The van der Waals surface area contributed by atoms with Gasteiger partial charge in [0.2, 0.25) is 0 Å². The number of hydrogen-bond acceptors (Lipinski definition) is 6. The van der Waals surface area contributed by atoms with E-state index in [1.54, 1.807) is 19.2 Å². The zero-order chi connectivity index (χ0) is 18.8. The van der Waals surface area contributed by atoms with Crippen LogP contribution in [-0.4, -0.2) is 46.0 Å². The first-order chi connectivity index (χ1) is 13.1. The molecule has 0 aliphatic carbocycles. The number of hydrogen-bond donors (Lipinski definition) is 1. The molecule has 1 fully saturated rings. The van der Waals surface area contributed by atoms with Crippen molar-refractivity contribution >= 4 is 16.9 Å². The molecule has 0 unspecified atom stereocenters. The van der Waals surface area contributed by atoms with Crippen molar-refractivity contribution < 1.29 is 1.43 Å². The average Bonchev–Trinajstić information content (AvgIpc) is 2.70. The lowest BCUT2D eigenvalue weighted by atomic mass is 10.1. The lowest BCUT2D eigenvalue weighted by Crippen LogP contribution is -2.46. The molecule has 27 heavy (non-hydrogen) atoms. The van der Waals surface area contributed by atoms with E-state index in [0.717, 1.165) is 55.1 Å². The fraction of sp³-hybridized carbons (Fsp3) is 0.300. The summed E-state index contributed by atoms with van der Waals surface area (Å²) in [5.41, 5.74) is 3.69. The van der Waals surface area contributed by atoms with Crippen molar-refractivity contribution in [3.05, 3.63) is 63.7 Å². The van der Waals surface area contributed by atoms with E-state index in [2.05, 4.69) is 36.9 Å². The fourth-order valence-corrected chi connectivity index (χ4v) is 3.36. The largest absolute Gasteiger partial charge is 0.354 e. The number of benzene rings is 1. The molecule has 1 saturated heterocycles. The monoisotopic (exact) mass is 362 g/mol. The van der Waals surface area contributed by atoms with Crippen LogP contribution >= 0.6 is 0 Å². The van der Waals surface area contributed by atoms with Gasteiger partial charge in [-0.15, -0.1) is 0 Å². The maximum absolute atomic E-state index is 11.8. The number of H-pyrrole nitrogens is 1. The first-order valence-electron chi connectivity index (χ1n) is 8.95. The maximum Gasteiger partial charge on any atom is 0.269 e. The van der Waals surface area contributed by atoms with Crippen molar-refractivity contribution in [3.63, 3.8) is 0 Å². The third kappa shape index (κ3) is 3.66. The molecular weight excluding hydrogens is 340 g/mol. The summed E-state index contributed by atoms with van der Waals surface area (Å²) in [7, 11) is 0. The summed E-state index contributed by atoms with van der Waals surface area (Å²) in [6.07, 6.45) is 1.62. The molecule has 4 rings (SSSR count). The van der Waals surface area contributed by atoms with E-state index in [9.17, 15) is 4.79 Å². The molecule has 0 spiro atoms. The summed E-state index contributed by atoms with van der Waals surface area (Å²) < 4.78 is 0. The second kappa shape index (κ2) is 7.17. The number of fused-ring (bicyclic) bond motifs is 1. The van der Waals surface area contributed by atoms with Crippen LogP contribution < -0.4 is 10.5 Å². The fourth-order valence-electron chi connectivity index (χ4n) is 3.36. The van der Waals surface area contributed by atoms with Gasteiger partial charge in [0.25, 0.3) is 5.56 Å². The zero-order valence-electron chi connectivity index (χ0n) is 15.1. The van der Waals surface area contributed by atoms with E-state index >= 15 is 0 Å². The minimum atomic E-state index is -0.136. The summed E-state index contributed by atoms with van der Waals surface area (Å²) >= 11 is 0. The molecule has 0 radical (unpaired) electrons. The summed E-state index contributed by atoms with van der Waals surface area (Å²) in [6.45, 7) is 6.20. The Bertz CT molecular complexity index is 1060. The van der Waals surface area contributed by atoms with E-state index in [0.29, 0.717) is 11.3 Å². The number of aromatic nitrogens is 3. The van der Waals surface area contributed by atoms with Crippen LogP contribution in [0.2, 0.25) is 0 Å². The Morgan fingerprint density at radius 3 is 2.74 bits per heavy atom. The number of piperazine rings is 1. The highest BCUT2D eigenvalue weighted by atomic mass is 16.1. The van der Waals surface area contributed by atoms with Crippen LogP contribution in [0.5, 0.6) is 0 Å². The maximum atomic E-state index is 11.8. The van der Waals surface area contributed by atoms with Gasteiger partial charge in [0.05, 0.1) is 16.6 Å². The molecule has 1 aliphatic heterocycles. The van der Waals surface area contributed by atoms with Gasteiger partial charge in [-0.3, -0.25) is 9.69 Å². The molecule has 1 N–H and O–H groups in total. The Balaban J connectivity index is 0.00000225. The minimum Gasteiger partial charge on any atom is -0.354 e. The topological polar surface area (TPSA) is 88.9 Å². The number of aromatic amines is 1. The van der Waals surface area contributed by atoms with Crippen LogP contribution in [0.4, 0.5) is 5.82 Å². The summed E-state index contributed by atoms with van der Waals surface area (Å²) in [4.78, 5) is 28.0. The second-order valence-electron chi connectivity index (χ2n) is 6.78. The summed E-state index contributed by atoms with van der Waals surface area (Å²) in [5.74, 6) is 0.915. The van der Waals surface area contributed by atoms with Crippen molar-refractivity contribution in [2.45, 2.75) is 13.5 Å². The third-order valence-electron chi connectivity index (χ3n) is 4.91. The number of aryl methyl sites for hydroxylation is 1. The van der Waals surface area contributed by atoms with Crippen molar-refractivity contribution in [2.75, 3.05) is 31.1 Å². The molecule has 7 heteroatoms. The summed E-state index contributed by atoms with van der Waals surface area (Å²) in [6, 6.07) is 11.9. The van der Waals surface area contributed by atoms with Crippen molar-refractivity contribution in [3.8, 4) is 6.07 Å². The number of nitrogens with one attached hydrogen (secondary N) is 1. The molecule has 0 atom stereocenters. The zero-order valence-corrected chi connectivity index (χ0v) is 15.1. The molecular formula is C20H22N6O. The predicted octanol–water partition coefficient (Wildman–Crippen LogP) is 2.07. The third-order valence-corrected chi connectivity index (χ3v) is 4.91. The second-order valence-corrected chi connectivity index (χ2v) is 6.78. The van der Waals surface area contributed by atoms with E-state index in [1.807, 2.05) is 18.2 Å². The van der Waals surface area contributed by atoms with E-state index < -0.39 is 0 Å². The first-order valence-corrected chi connectivity index (χ1v) is 8.95. The molecule has 3 aromatic rings. The molecule has 0 saturated carbocycles. The van der Waals surface area contributed by atoms with Gasteiger partial charge < -0.3 is 9.88 Å². The Labute approximate surface area is 158 Å². The number of nitrogens with zero attached hydrogens (tertiary/aromatic N) is 5. The Hall–Kier alpha value is -3.24. The SMILES string of the molecule is Cc1nc2ccc(CN3CCN(c4ccc(C#N)cn4)CC3)cc2[nH]c1=O.[HH]. The van der Waals surface area contributed by atoms with Crippen LogP contribution in [-0.2, 0) is 6.54 Å². The van der Waals surface area contributed by atoms with Crippen LogP contribution in [0.1, 0.15) is 18.2 Å². The lowest BCUT2D eigenvalue weighted by Gasteiger charge is -2.35. The Kier molecular flexibility index (Phi) is 4.57. The minimum absolute atomic E-state index is 0. The smallest absolute Gasteiger partial charge is 0.269 e. The van der Waals surface area contributed by atoms with Gasteiger partial charge in [0.1, 0.15) is 17.6 Å². The molecule has 0 bridgehead atoms. The van der Waals surface area contributed by atoms with Crippen molar-refractivity contribution in [1.82, 2.24) is 19.9 Å². The van der Waals surface area contributed by atoms with Crippen LogP contribution in [0.3, 0.4) is 0 Å². The Morgan fingerprint density at radius 1 is 1.22 bits per heavy atom. The van der Waals surface area contributed by atoms with Gasteiger partial charge in [-0.25, -0.2) is 9.97 Å². The van der Waals surface area contributed by atoms with Gasteiger partial charge in [-0.1, -0.05) is 6.07 Å². The van der Waals surface area contributed by atoms with Gasteiger partial charge in [0.15, 0.2) is 0 Å². The highest BCUT2D eigenvalue weighted by Gasteiger charge is 2.18. The predicted molar refractivity (Wildman–Crippen MR) is 106 cm³/mol. The van der Waals surface area contributed by atoms with Gasteiger partial charge in [0, 0.05) is 40.3 Å². The van der Waals surface area contributed by atoms with E-state index in [-0.39, 0.29) is 6.99 Å². The standard InChI is InChI=1S/C20H20N6O.H2/c1-14-20(27)24-18-10-15(2-4-17(18)23-14)13-25-6-8-26(9-7-25)19-5-3-16(11-21)12-22-19;/h2-5,10,12H,6-9,13H2,1H3,(H,24,27);1H. The molecule has 2 aromatic heterocycles. The quantitative estimate of drug-likeness (QED) is 0.767. The highest BCUT2D eigenvalue weighted by molar-refractivity contribution is 5.74. The number of nitriles is 1. The normalized spacial score (nSPS) is 15.0. The highest BCUT2D eigenvalue weighted by Crippen LogP contribution is 2.17. The van der Waals surface area contributed by atoms with Crippen LogP contribution in [0.25, 0.3) is 11.0 Å². The van der Waals surface area contributed by atoms with Crippen LogP contribution in [0.15, 0.2) is 41.3 Å². The summed E-state index contributed by atoms with van der Waals surface area (Å²) in [5, 5.41) is 8.87. The number of anilines is 1. The van der Waals surface area contributed by atoms with Gasteiger partial charge >= 0.3 is 0 Å². The molecule has 7 nitrogen and oxygen atoms in total. The molecule has 3 heterocycles. The van der Waals surface area contributed by atoms with Crippen molar-refractivity contribution in [2.24, 2.45) is 0 Å². The molecule has 0 amide bonds. The average molecular weight is 362 g/mol. The molecule has 138 valence electrons. The van der Waals surface area contributed by atoms with Gasteiger partial charge in [-0.2, -0.15) is 5.26 Å². The van der Waals surface area contributed by atoms with Gasteiger partial charge in [-0.05, 0) is 36.8 Å². The first kappa shape index (κ1) is 17.2. The molecule has 1 aromatic carbocycles. The van der Waals surface area contributed by atoms with Crippen LogP contribution in [0, 0.1) is 18.3 Å². The Morgan fingerprint density at radius 2 is 2.04 bits per heavy atom. The van der Waals surface area contributed by atoms with E-state index in [4.69, 9.17) is 5.26 Å². The molecule has 1 aliphatic rings. The number of rotatable bonds is 3. The lowest BCUT2D eigenvalue weighted by molar-refractivity contribution is 0.249. The van der Waals surface area contributed by atoms with E-state index in [1.165, 1.54) is 0 Å². The van der Waals surface area contributed by atoms with Crippen molar-refractivity contribution in [1.29, 1.82) is 5.26 Å².